The zero-order valence-electron chi connectivity index (χ0n) is 34.1. The van der Waals surface area contributed by atoms with Crippen molar-refractivity contribution in [3.05, 3.63) is 105 Å². The summed E-state index contributed by atoms with van der Waals surface area (Å²) in [6, 6.07) is 9.08. The van der Waals surface area contributed by atoms with Crippen LogP contribution in [0.4, 0.5) is 13.2 Å². The Morgan fingerprint density at radius 3 is 2.46 bits per heavy atom. The summed E-state index contributed by atoms with van der Waals surface area (Å²) < 4.78 is 48.6. The Kier molecular flexibility index (Phi) is 13.6. The van der Waals surface area contributed by atoms with E-state index in [1.54, 1.807) is 64.1 Å². The molecule has 3 N–H and O–H groups in total. The first-order valence-electron chi connectivity index (χ1n) is 20.0. The summed E-state index contributed by atoms with van der Waals surface area (Å²) in [7, 11) is 0. The third-order valence-corrected chi connectivity index (χ3v) is 10.6. The number of aromatic amines is 1. The molecule has 2 atom stereocenters. The molecule has 1 fully saturated rings. The molecule has 0 radical (unpaired) electrons. The quantitative estimate of drug-likeness (QED) is 0.0423. The number of nitrogens with one attached hydrogen (secondary N) is 3. The molecule has 0 aliphatic carbocycles. The number of hydrogen-bond donors (Lipinski definition) is 3. The average Bonchev–Trinajstić information content (AvgIpc) is 3.73. The van der Waals surface area contributed by atoms with Gasteiger partial charge in [-0.25, -0.2) is 18.0 Å². The minimum atomic E-state index is -1.69. The van der Waals surface area contributed by atoms with Crippen LogP contribution in [-0.4, -0.2) is 68.5 Å². The molecular formula is C45H45ClF3N5O7. The molecule has 5 amide bonds. The van der Waals surface area contributed by atoms with Crippen LogP contribution in [-0.2, 0) is 37.0 Å². The van der Waals surface area contributed by atoms with Gasteiger partial charge < -0.3 is 24.8 Å². The highest BCUT2D eigenvalue weighted by molar-refractivity contribution is 6.31. The molecule has 320 valence electrons. The van der Waals surface area contributed by atoms with Gasteiger partial charge in [-0.15, -0.1) is 0 Å². The second kappa shape index (κ2) is 18.6. The zero-order chi connectivity index (χ0) is 44.2. The monoisotopic (exact) mass is 859 g/mol. The van der Waals surface area contributed by atoms with Crippen LogP contribution in [0.5, 0.6) is 0 Å². The van der Waals surface area contributed by atoms with Crippen molar-refractivity contribution >= 4 is 58.0 Å². The first-order valence-corrected chi connectivity index (χ1v) is 20.3. The number of amides is 5. The van der Waals surface area contributed by atoms with Crippen LogP contribution in [0.1, 0.15) is 122 Å². The standard InChI is InChI=1S/C45H45ClF3N5O7/c1-5-61-44(60)39-37(29-17-16-27(46)22-33(29)50-39)40(42(58)52-45(2,3)4)54(23-25-20-31(47)38(49)32(48)21-25)36(56)15-10-8-6-7-9-12-26-13-11-14-28-30(26)24-53(43(28)59)34-18-19-35(55)51-41(34)57/h11,13-14,16-17,20-22,34,40,50H,5-8,10,15,18-19,23-24H2,1-4H3,(H,52,58)(H,51,55,57). The summed E-state index contributed by atoms with van der Waals surface area (Å²) in [5, 5.41) is 5.86. The summed E-state index contributed by atoms with van der Waals surface area (Å²) in [6.45, 7) is 6.42. The molecule has 2 aliphatic rings. The predicted octanol–water partition coefficient (Wildman–Crippen LogP) is 7.16. The highest BCUT2D eigenvalue weighted by Crippen LogP contribution is 2.36. The molecule has 3 aromatic carbocycles. The molecule has 1 aromatic heterocycles. The van der Waals surface area contributed by atoms with Crippen molar-refractivity contribution in [3.8, 4) is 11.8 Å². The van der Waals surface area contributed by atoms with E-state index >= 15 is 0 Å². The van der Waals surface area contributed by atoms with Crippen LogP contribution < -0.4 is 10.6 Å². The maximum atomic E-state index is 14.6. The molecule has 0 saturated carbocycles. The lowest BCUT2D eigenvalue weighted by Gasteiger charge is -2.34. The number of hydrogen-bond acceptors (Lipinski definition) is 7. The molecule has 61 heavy (non-hydrogen) atoms. The van der Waals surface area contributed by atoms with Gasteiger partial charge in [0.05, 0.1) is 6.61 Å². The fraction of sp³-hybridized carbons (Fsp3) is 0.378. The number of benzene rings is 3. The number of H-pyrrole nitrogens is 1. The molecule has 4 aromatic rings. The van der Waals surface area contributed by atoms with E-state index in [0.29, 0.717) is 58.3 Å². The molecule has 3 heterocycles. The fourth-order valence-electron chi connectivity index (χ4n) is 7.60. The van der Waals surface area contributed by atoms with E-state index in [1.165, 1.54) is 4.90 Å². The highest BCUT2D eigenvalue weighted by Gasteiger charge is 2.41. The number of carbonyl (C=O) groups excluding carboxylic acids is 6. The summed E-state index contributed by atoms with van der Waals surface area (Å²) in [5.74, 6) is -1.67. The van der Waals surface area contributed by atoms with Crippen LogP contribution >= 0.6 is 11.6 Å². The van der Waals surface area contributed by atoms with E-state index < -0.39 is 65.3 Å². The average molecular weight is 860 g/mol. The number of aromatic nitrogens is 1. The van der Waals surface area contributed by atoms with Crippen molar-refractivity contribution in [1.29, 1.82) is 0 Å². The van der Waals surface area contributed by atoms with Gasteiger partial charge in [-0.1, -0.05) is 42.0 Å². The van der Waals surface area contributed by atoms with Gasteiger partial charge in [-0.05, 0) is 94.5 Å². The summed E-state index contributed by atoms with van der Waals surface area (Å²) >= 11 is 6.29. The molecule has 1 saturated heterocycles. The van der Waals surface area contributed by atoms with Gasteiger partial charge in [-0.2, -0.15) is 0 Å². The van der Waals surface area contributed by atoms with Gasteiger partial charge in [0, 0.05) is 70.5 Å². The van der Waals surface area contributed by atoms with Crippen LogP contribution in [0.25, 0.3) is 10.9 Å². The van der Waals surface area contributed by atoms with E-state index in [9.17, 15) is 41.9 Å². The van der Waals surface area contributed by atoms with Crippen molar-refractivity contribution in [2.75, 3.05) is 6.61 Å². The highest BCUT2D eigenvalue weighted by atomic mass is 35.5. The number of halogens is 4. The molecule has 6 rings (SSSR count). The lowest BCUT2D eigenvalue weighted by Crippen LogP contribution is -2.52. The van der Waals surface area contributed by atoms with Crippen LogP contribution in [0.15, 0.2) is 48.5 Å². The number of carbonyl (C=O) groups is 6. The van der Waals surface area contributed by atoms with Gasteiger partial charge in [0.2, 0.25) is 23.6 Å². The number of esters is 1. The number of fused-ring (bicyclic) bond motifs is 2. The first kappa shape index (κ1) is 44.4. The Bertz CT molecular complexity index is 2460. The second-order valence-corrected chi connectivity index (χ2v) is 16.4. The van der Waals surface area contributed by atoms with E-state index in [2.05, 4.69) is 27.5 Å². The van der Waals surface area contributed by atoms with E-state index in [1.807, 2.05) is 0 Å². The van der Waals surface area contributed by atoms with Crippen LogP contribution in [0.3, 0.4) is 0 Å². The topological polar surface area (TPSA) is 158 Å². The second-order valence-electron chi connectivity index (χ2n) is 16.0. The molecule has 2 aliphatic heterocycles. The Hall–Kier alpha value is -6.14. The van der Waals surface area contributed by atoms with Gasteiger partial charge in [0.25, 0.3) is 5.91 Å². The maximum absolute atomic E-state index is 14.6. The third-order valence-electron chi connectivity index (χ3n) is 10.3. The van der Waals surface area contributed by atoms with Crippen molar-refractivity contribution < 1.29 is 46.7 Å². The summed E-state index contributed by atoms with van der Waals surface area (Å²) in [4.78, 5) is 85.2. The number of nitrogens with zero attached hydrogens (tertiary/aromatic N) is 2. The minimum absolute atomic E-state index is 0.00914. The number of piperidine rings is 1. The van der Waals surface area contributed by atoms with E-state index in [0.717, 1.165) is 17.0 Å². The van der Waals surface area contributed by atoms with Gasteiger partial charge >= 0.3 is 5.97 Å². The number of unbranched alkanes of at least 4 members (excludes halogenated alkanes) is 3. The normalized spacial score (nSPS) is 15.5. The van der Waals surface area contributed by atoms with Gasteiger partial charge in [-0.3, -0.25) is 29.3 Å². The zero-order valence-corrected chi connectivity index (χ0v) is 34.9. The van der Waals surface area contributed by atoms with Crippen LogP contribution in [0.2, 0.25) is 5.02 Å². The lowest BCUT2D eigenvalue weighted by atomic mass is 9.97. The summed E-state index contributed by atoms with van der Waals surface area (Å²) in [6.07, 6.45) is 2.10. The van der Waals surface area contributed by atoms with Crippen LogP contribution in [0, 0.1) is 29.3 Å². The summed E-state index contributed by atoms with van der Waals surface area (Å²) in [5.41, 5.74) is 1.14. The molecular weight excluding hydrogens is 815 g/mol. The molecule has 0 bridgehead atoms. The first-order chi connectivity index (χ1) is 29.0. The van der Waals surface area contributed by atoms with Crippen molar-refractivity contribution in [2.45, 2.75) is 103 Å². The molecule has 16 heteroatoms. The van der Waals surface area contributed by atoms with E-state index in [-0.39, 0.29) is 61.0 Å². The Morgan fingerprint density at radius 2 is 1.77 bits per heavy atom. The lowest BCUT2D eigenvalue weighted by molar-refractivity contribution is -0.142. The number of ether oxygens (including phenoxy) is 1. The predicted molar refractivity (Wildman–Crippen MR) is 219 cm³/mol. The maximum Gasteiger partial charge on any atom is 0.355 e. The Labute approximate surface area is 355 Å². The smallest absolute Gasteiger partial charge is 0.355 e. The SMILES string of the molecule is CCOC(=O)c1[nH]c2cc(Cl)ccc2c1C(C(=O)NC(C)(C)C)N(Cc1cc(F)c(F)c(F)c1)C(=O)CCCCCC#Cc1cccc2c1CN(C1CCC(=O)NC1=O)C2=O. The molecule has 0 spiro atoms. The van der Waals surface area contributed by atoms with Crippen molar-refractivity contribution in [3.63, 3.8) is 0 Å². The minimum Gasteiger partial charge on any atom is -0.461 e. The molecule has 2 unspecified atom stereocenters. The fourth-order valence-corrected chi connectivity index (χ4v) is 7.77. The number of rotatable bonds is 13. The van der Waals surface area contributed by atoms with Gasteiger partial charge in [0.1, 0.15) is 17.8 Å². The van der Waals surface area contributed by atoms with Crippen molar-refractivity contribution in [2.24, 2.45) is 0 Å². The van der Waals surface area contributed by atoms with Gasteiger partial charge in [0.15, 0.2) is 17.5 Å². The Balaban J connectivity index is 1.23. The van der Waals surface area contributed by atoms with E-state index in [4.69, 9.17) is 16.3 Å². The van der Waals surface area contributed by atoms with Crippen molar-refractivity contribution in [1.82, 2.24) is 25.4 Å². The Morgan fingerprint density at radius 1 is 1.03 bits per heavy atom. The largest absolute Gasteiger partial charge is 0.461 e. The third kappa shape index (κ3) is 10.1. The number of imide groups is 1. The molecule has 12 nitrogen and oxygen atoms in total.